The minimum atomic E-state index is -0.823. The van der Waals surface area contributed by atoms with Gasteiger partial charge >= 0.3 is 0 Å². The number of amides is 1. The number of aromatic nitrogens is 2. The number of piperidine rings is 1. The van der Waals surface area contributed by atoms with Crippen molar-refractivity contribution in [2.75, 3.05) is 24.5 Å². The van der Waals surface area contributed by atoms with Gasteiger partial charge in [0.25, 0.3) is 5.91 Å². The third kappa shape index (κ3) is 4.02. The molecule has 0 unspecified atom stereocenters. The van der Waals surface area contributed by atoms with Crippen LogP contribution in [0, 0.1) is 11.6 Å². The third-order valence-electron chi connectivity index (χ3n) is 5.77. The van der Waals surface area contributed by atoms with Gasteiger partial charge in [0.2, 0.25) is 11.8 Å². The molecule has 2 aliphatic heterocycles. The molecule has 1 amide bonds. The first-order valence-electron chi connectivity index (χ1n) is 10.7. The molecule has 2 aliphatic rings. The molecule has 5 rings (SSSR count). The molecule has 166 valence electrons. The second-order valence-corrected chi connectivity index (χ2v) is 7.93. The Balaban J connectivity index is 1.51. The van der Waals surface area contributed by atoms with E-state index >= 15 is 0 Å². The van der Waals surface area contributed by atoms with Crippen molar-refractivity contribution >= 4 is 11.9 Å². The van der Waals surface area contributed by atoms with Crippen LogP contribution in [0.5, 0.6) is 11.6 Å². The van der Waals surface area contributed by atoms with Gasteiger partial charge in [-0.05, 0) is 43.5 Å². The first kappa shape index (κ1) is 20.4. The minimum Gasteiger partial charge on any atom is -0.459 e. The Morgan fingerprint density at radius 3 is 2.66 bits per heavy atom. The zero-order valence-corrected chi connectivity index (χ0v) is 17.4. The molecule has 3 aromatic rings. The maximum atomic E-state index is 14.3. The highest BCUT2D eigenvalue weighted by Gasteiger charge is 2.29. The van der Waals surface area contributed by atoms with Crippen molar-refractivity contribution in [2.24, 2.45) is 0 Å². The van der Waals surface area contributed by atoms with E-state index in [2.05, 4.69) is 9.88 Å². The number of carbonyl (C=O) groups excluding carboxylic acids is 1. The Morgan fingerprint density at radius 1 is 1.06 bits per heavy atom. The summed E-state index contributed by atoms with van der Waals surface area (Å²) in [5, 5.41) is 0. The summed E-state index contributed by atoms with van der Waals surface area (Å²) in [6.45, 7) is 2.35. The quantitative estimate of drug-likeness (QED) is 0.602. The summed E-state index contributed by atoms with van der Waals surface area (Å²) >= 11 is 0. The van der Waals surface area contributed by atoms with Gasteiger partial charge in [-0.3, -0.25) is 4.79 Å². The zero-order chi connectivity index (χ0) is 22.1. The van der Waals surface area contributed by atoms with E-state index < -0.39 is 11.6 Å². The molecule has 0 spiro atoms. The number of ether oxygens (including phenoxy) is 1. The molecule has 1 saturated heterocycles. The van der Waals surface area contributed by atoms with Crippen molar-refractivity contribution in [3.63, 3.8) is 0 Å². The molecule has 2 aromatic heterocycles. The molecule has 7 nitrogen and oxygen atoms in total. The van der Waals surface area contributed by atoms with Crippen LogP contribution in [0.15, 0.2) is 41.0 Å². The summed E-state index contributed by atoms with van der Waals surface area (Å²) in [4.78, 5) is 25.9. The average molecular weight is 440 g/mol. The fourth-order valence-corrected chi connectivity index (χ4v) is 4.08. The first-order chi connectivity index (χ1) is 15.6. The summed E-state index contributed by atoms with van der Waals surface area (Å²) in [5.41, 5.74) is 1.38. The molecule has 0 bridgehead atoms. The smallest absolute Gasteiger partial charge is 0.289 e. The largest absolute Gasteiger partial charge is 0.459 e. The number of halogens is 2. The van der Waals surface area contributed by atoms with E-state index in [0.29, 0.717) is 24.5 Å². The molecule has 0 aliphatic carbocycles. The van der Waals surface area contributed by atoms with E-state index in [-0.39, 0.29) is 29.8 Å². The fourth-order valence-electron chi connectivity index (χ4n) is 4.08. The predicted molar refractivity (Wildman–Crippen MR) is 112 cm³/mol. The number of anilines is 1. The highest BCUT2D eigenvalue weighted by molar-refractivity contribution is 5.91. The van der Waals surface area contributed by atoms with Crippen LogP contribution in [-0.4, -0.2) is 40.4 Å². The van der Waals surface area contributed by atoms with E-state index in [0.717, 1.165) is 50.2 Å². The lowest BCUT2D eigenvalue weighted by atomic mass is 10.1. The van der Waals surface area contributed by atoms with E-state index in [1.54, 1.807) is 17.0 Å². The third-order valence-corrected chi connectivity index (χ3v) is 5.77. The lowest BCUT2D eigenvalue weighted by Gasteiger charge is -2.31. The van der Waals surface area contributed by atoms with Gasteiger partial charge in [0.15, 0.2) is 17.3 Å². The van der Waals surface area contributed by atoms with Gasteiger partial charge < -0.3 is 19.0 Å². The molecule has 32 heavy (non-hydrogen) atoms. The van der Waals surface area contributed by atoms with Crippen molar-refractivity contribution in [3.8, 4) is 11.6 Å². The summed E-state index contributed by atoms with van der Waals surface area (Å²) < 4.78 is 38.8. The van der Waals surface area contributed by atoms with Gasteiger partial charge in [-0.2, -0.15) is 4.98 Å². The number of nitrogens with zero attached hydrogens (tertiary/aromatic N) is 4. The molecular weight excluding hydrogens is 418 g/mol. The van der Waals surface area contributed by atoms with Gasteiger partial charge in [-0.1, -0.05) is 0 Å². The van der Waals surface area contributed by atoms with Crippen LogP contribution in [0.1, 0.15) is 41.1 Å². The number of furan rings is 1. The summed E-state index contributed by atoms with van der Waals surface area (Å²) in [7, 11) is 0. The number of rotatable bonds is 4. The van der Waals surface area contributed by atoms with Crippen LogP contribution in [0.2, 0.25) is 0 Å². The molecule has 0 saturated carbocycles. The molecule has 0 N–H and O–H groups in total. The van der Waals surface area contributed by atoms with Crippen LogP contribution in [-0.2, 0) is 13.0 Å². The van der Waals surface area contributed by atoms with Gasteiger partial charge in [0, 0.05) is 32.1 Å². The van der Waals surface area contributed by atoms with E-state index in [4.69, 9.17) is 14.1 Å². The number of carbonyl (C=O) groups is 1. The zero-order valence-electron chi connectivity index (χ0n) is 17.4. The molecule has 0 radical (unpaired) electrons. The molecule has 0 atom stereocenters. The van der Waals surface area contributed by atoms with E-state index in [1.165, 1.54) is 12.3 Å². The Hall–Kier alpha value is -3.49. The number of fused-ring (bicyclic) bond motifs is 1. The van der Waals surface area contributed by atoms with Crippen molar-refractivity contribution < 1.29 is 22.7 Å². The summed E-state index contributed by atoms with van der Waals surface area (Å²) in [6, 6.07) is 6.39. The lowest BCUT2D eigenvalue weighted by Crippen LogP contribution is -2.37. The highest BCUT2D eigenvalue weighted by atomic mass is 19.1. The highest BCUT2D eigenvalue weighted by Crippen LogP contribution is 2.33. The first-order valence-corrected chi connectivity index (χ1v) is 10.7. The Morgan fingerprint density at radius 2 is 1.91 bits per heavy atom. The van der Waals surface area contributed by atoms with Crippen molar-refractivity contribution in [1.29, 1.82) is 0 Å². The molecule has 1 fully saturated rings. The summed E-state index contributed by atoms with van der Waals surface area (Å²) in [6.07, 6.45) is 5.22. The Kier molecular flexibility index (Phi) is 5.46. The van der Waals surface area contributed by atoms with Gasteiger partial charge in [0.1, 0.15) is 5.82 Å². The van der Waals surface area contributed by atoms with E-state index in [9.17, 15) is 13.6 Å². The van der Waals surface area contributed by atoms with Gasteiger partial charge in [-0.25, -0.2) is 13.8 Å². The van der Waals surface area contributed by atoms with E-state index in [1.807, 2.05) is 0 Å². The van der Waals surface area contributed by atoms with Crippen molar-refractivity contribution in [1.82, 2.24) is 14.9 Å². The topological polar surface area (TPSA) is 71.7 Å². The van der Waals surface area contributed by atoms with Crippen LogP contribution in [0.4, 0.5) is 14.7 Å². The second-order valence-electron chi connectivity index (χ2n) is 7.93. The predicted octanol–water partition coefficient (Wildman–Crippen LogP) is 4.33. The van der Waals surface area contributed by atoms with Crippen LogP contribution < -0.4 is 9.64 Å². The molecule has 9 heteroatoms. The monoisotopic (exact) mass is 440 g/mol. The van der Waals surface area contributed by atoms with Gasteiger partial charge in [-0.15, -0.1) is 0 Å². The summed E-state index contributed by atoms with van der Waals surface area (Å²) in [5.74, 6) is -0.942. The van der Waals surface area contributed by atoms with Gasteiger partial charge in [0.05, 0.1) is 24.1 Å². The Labute approximate surface area is 183 Å². The number of hydrogen-bond acceptors (Lipinski definition) is 6. The molecule has 4 heterocycles. The van der Waals surface area contributed by atoms with Crippen LogP contribution >= 0.6 is 0 Å². The SMILES string of the molecule is O=C(c1ccco1)N1CCc2nc(N3CCCCC3)nc(Oc3ccc(F)cc3F)c2C1. The standard InChI is InChI=1S/C23H22F2N4O3/c24-15-6-7-19(17(25)13-15)32-21-16-14-29(22(30)20-5-4-12-31-20)11-8-18(16)26-23(27-21)28-9-2-1-3-10-28/h4-7,12-13H,1-3,8-11,14H2. The normalized spacial score (nSPS) is 16.1. The second kappa shape index (κ2) is 8.57. The van der Waals surface area contributed by atoms with Crippen molar-refractivity contribution in [3.05, 3.63) is 65.2 Å². The van der Waals surface area contributed by atoms with Crippen LogP contribution in [0.3, 0.4) is 0 Å². The fraction of sp³-hybridized carbons (Fsp3) is 0.348. The number of benzene rings is 1. The molecule has 1 aromatic carbocycles. The maximum Gasteiger partial charge on any atom is 0.289 e. The number of hydrogen-bond donors (Lipinski definition) is 0. The minimum absolute atomic E-state index is 0.133. The average Bonchev–Trinajstić information content (AvgIpc) is 3.35. The van der Waals surface area contributed by atoms with Crippen molar-refractivity contribution in [2.45, 2.75) is 32.2 Å². The lowest BCUT2D eigenvalue weighted by molar-refractivity contribution is 0.0699. The molecular formula is C23H22F2N4O3. The maximum absolute atomic E-state index is 14.3. The van der Waals surface area contributed by atoms with Crippen LogP contribution in [0.25, 0.3) is 0 Å². The Bertz CT molecular complexity index is 1130.